The van der Waals surface area contributed by atoms with Gasteiger partial charge in [0.15, 0.2) is 0 Å². The Kier molecular flexibility index (Phi) is 7.16. The van der Waals surface area contributed by atoms with Gasteiger partial charge in [-0.2, -0.15) is 0 Å². The minimum Gasteiger partial charge on any atom is -0.489 e. The van der Waals surface area contributed by atoms with Crippen molar-refractivity contribution in [3.05, 3.63) is 101 Å². The molecule has 0 saturated heterocycles. The molecule has 0 heterocycles. The third-order valence-corrected chi connectivity index (χ3v) is 4.53. The highest BCUT2D eigenvalue weighted by Gasteiger charge is 2.12. The van der Waals surface area contributed by atoms with E-state index in [1.54, 1.807) is 31.2 Å². The highest BCUT2D eigenvalue weighted by molar-refractivity contribution is 5.96. The van der Waals surface area contributed by atoms with E-state index < -0.39 is 5.82 Å². The maximum absolute atomic E-state index is 13.6. The summed E-state index contributed by atoms with van der Waals surface area (Å²) in [6, 6.07) is 20.9. The summed E-state index contributed by atoms with van der Waals surface area (Å²) in [5.74, 6) is -0.342. The van der Waals surface area contributed by atoms with Crippen molar-refractivity contribution in [2.24, 2.45) is 0 Å². The molecule has 0 bridgehead atoms. The van der Waals surface area contributed by atoms with E-state index in [1.165, 1.54) is 6.07 Å². The Morgan fingerprint density at radius 2 is 1.53 bits per heavy atom. The van der Waals surface area contributed by atoms with E-state index in [0.29, 0.717) is 11.1 Å². The van der Waals surface area contributed by atoms with E-state index in [2.05, 4.69) is 10.6 Å². The molecule has 5 nitrogen and oxygen atoms in total. The smallest absolute Gasteiger partial charge is 0.251 e. The number of hydrogen-bond acceptors (Lipinski definition) is 3. The number of carbonyl (C=O) groups excluding carboxylic acids is 2. The average molecular weight is 406 g/mol. The van der Waals surface area contributed by atoms with Gasteiger partial charge in [-0.05, 0) is 42.8 Å². The van der Waals surface area contributed by atoms with Crippen LogP contribution in [-0.2, 0) is 6.61 Å². The third kappa shape index (κ3) is 5.67. The molecule has 0 atom stereocenters. The number of hydrogen-bond donors (Lipinski definition) is 2. The van der Waals surface area contributed by atoms with E-state index in [1.807, 2.05) is 42.5 Å². The quantitative estimate of drug-likeness (QED) is 0.558. The van der Waals surface area contributed by atoms with Gasteiger partial charge in [-0.25, -0.2) is 4.39 Å². The van der Waals surface area contributed by atoms with Gasteiger partial charge in [0.1, 0.15) is 18.2 Å². The fourth-order valence-corrected chi connectivity index (χ4v) is 2.83. The van der Waals surface area contributed by atoms with Crippen LogP contribution in [0.4, 0.5) is 4.39 Å². The summed E-state index contributed by atoms with van der Waals surface area (Å²) in [6.45, 7) is 2.37. The average Bonchev–Trinajstić information content (AvgIpc) is 2.77. The standard InChI is InChI=1S/C24H23FN2O3/c1-17-11-12-18(15-22(17)25)23(28)26-13-14-27-24(29)21-10-6-5-7-19(21)16-30-20-8-3-2-4-9-20/h2-12,15H,13-14,16H2,1H3,(H,26,28)(H,27,29). The van der Waals surface area contributed by atoms with Crippen LogP contribution in [-0.4, -0.2) is 24.9 Å². The van der Waals surface area contributed by atoms with Crippen molar-refractivity contribution in [2.75, 3.05) is 13.1 Å². The van der Waals surface area contributed by atoms with Crippen LogP contribution in [0.15, 0.2) is 72.8 Å². The van der Waals surface area contributed by atoms with Crippen molar-refractivity contribution < 1.29 is 18.7 Å². The highest BCUT2D eigenvalue weighted by Crippen LogP contribution is 2.15. The molecule has 0 aromatic heterocycles. The van der Waals surface area contributed by atoms with E-state index in [9.17, 15) is 14.0 Å². The molecule has 0 radical (unpaired) electrons. The predicted molar refractivity (Wildman–Crippen MR) is 113 cm³/mol. The molecule has 0 unspecified atom stereocenters. The highest BCUT2D eigenvalue weighted by atomic mass is 19.1. The molecule has 2 amide bonds. The molecule has 0 saturated carbocycles. The summed E-state index contributed by atoms with van der Waals surface area (Å²) in [4.78, 5) is 24.6. The van der Waals surface area contributed by atoms with Gasteiger partial charge >= 0.3 is 0 Å². The lowest BCUT2D eigenvalue weighted by Gasteiger charge is -2.12. The zero-order valence-electron chi connectivity index (χ0n) is 16.7. The largest absolute Gasteiger partial charge is 0.489 e. The van der Waals surface area contributed by atoms with Crippen LogP contribution in [0.25, 0.3) is 0 Å². The molecular formula is C24H23FN2O3. The topological polar surface area (TPSA) is 67.4 Å². The van der Waals surface area contributed by atoms with Crippen LogP contribution in [0, 0.1) is 12.7 Å². The Labute approximate surface area is 174 Å². The van der Waals surface area contributed by atoms with Crippen LogP contribution < -0.4 is 15.4 Å². The van der Waals surface area contributed by atoms with Crippen LogP contribution in [0.1, 0.15) is 31.8 Å². The number of amides is 2. The fourth-order valence-electron chi connectivity index (χ4n) is 2.83. The molecule has 2 N–H and O–H groups in total. The number of benzene rings is 3. The first-order valence-electron chi connectivity index (χ1n) is 9.63. The van der Waals surface area contributed by atoms with Gasteiger partial charge in [-0.3, -0.25) is 9.59 Å². The molecule has 154 valence electrons. The zero-order valence-corrected chi connectivity index (χ0v) is 16.7. The number of carbonyl (C=O) groups is 2. The SMILES string of the molecule is Cc1ccc(C(=O)NCCNC(=O)c2ccccc2COc2ccccc2)cc1F. The molecule has 0 aliphatic heterocycles. The number of para-hydroxylation sites is 1. The van der Waals surface area contributed by atoms with Gasteiger partial charge in [0.2, 0.25) is 0 Å². The molecular weight excluding hydrogens is 383 g/mol. The molecule has 3 aromatic carbocycles. The normalized spacial score (nSPS) is 10.3. The maximum atomic E-state index is 13.6. The van der Waals surface area contributed by atoms with Crippen molar-refractivity contribution in [2.45, 2.75) is 13.5 Å². The Balaban J connectivity index is 1.50. The first-order valence-corrected chi connectivity index (χ1v) is 9.63. The Bertz CT molecular complexity index is 1020. The van der Waals surface area contributed by atoms with Crippen LogP contribution in [0.3, 0.4) is 0 Å². The third-order valence-electron chi connectivity index (χ3n) is 4.53. The first kappa shape index (κ1) is 21.0. The summed E-state index contributed by atoms with van der Waals surface area (Å²) < 4.78 is 19.3. The van der Waals surface area contributed by atoms with Crippen LogP contribution in [0.2, 0.25) is 0 Å². The van der Waals surface area contributed by atoms with Crippen molar-refractivity contribution in [3.63, 3.8) is 0 Å². The van der Waals surface area contributed by atoms with Crippen molar-refractivity contribution in [3.8, 4) is 5.75 Å². The molecule has 3 rings (SSSR count). The second-order valence-corrected chi connectivity index (χ2v) is 6.73. The van der Waals surface area contributed by atoms with Crippen molar-refractivity contribution in [1.82, 2.24) is 10.6 Å². The molecule has 0 aliphatic carbocycles. The van der Waals surface area contributed by atoms with Gasteiger partial charge in [0.05, 0.1) is 0 Å². The summed E-state index contributed by atoms with van der Waals surface area (Å²) in [5.41, 5.74) is 2.00. The Hall–Kier alpha value is -3.67. The molecule has 6 heteroatoms. The lowest BCUT2D eigenvalue weighted by atomic mass is 10.1. The van der Waals surface area contributed by atoms with Gasteiger partial charge in [0, 0.05) is 29.8 Å². The molecule has 0 spiro atoms. The monoisotopic (exact) mass is 406 g/mol. The van der Waals surface area contributed by atoms with E-state index in [0.717, 1.165) is 11.3 Å². The number of halogens is 1. The lowest BCUT2D eigenvalue weighted by molar-refractivity contribution is 0.0926. The van der Waals surface area contributed by atoms with Crippen molar-refractivity contribution >= 4 is 11.8 Å². The van der Waals surface area contributed by atoms with Gasteiger partial charge in [-0.15, -0.1) is 0 Å². The minimum absolute atomic E-state index is 0.225. The summed E-state index contributed by atoms with van der Waals surface area (Å²) in [6.07, 6.45) is 0. The van der Waals surface area contributed by atoms with E-state index >= 15 is 0 Å². The summed E-state index contributed by atoms with van der Waals surface area (Å²) in [5, 5.41) is 5.45. The van der Waals surface area contributed by atoms with Crippen molar-refractivity contribution in [1.29, 1.82) is 0 Å². The summed E-state index contributed by atoms with van der Waals surface area (Å²) in [7, 11) is 0. The molecule has 3 aromatic rings. The molecule has 0 fully saturated rings. The lowest BCUT2D eigenvalue weighted by Crippen LogP contribution is -2.35. The second kappa shape index (κ2) is 10.2. The second-order valence-electron chi connectivity index (χ2n) is 6.73. The Morgan fingerprint density at radius 3 is 2.27 bits per heavy atom. The van der Waals surface area contributed by atoms with E-state index in [4.69, 9.17) is 4.74 Å². The Morgan fingerprint density at radius 1 is 0.867 bits per heavy atom. The van der Waals surface area contributed by atoms with Gasteiger partial charge < -0.3 is 15.4 Å². The van der Waals surface area contributed by atoms with Crippen LogP contribution in [0.5, 0.6) is 5.75 Å². The predicted octanol–water partition coefficient (Wildman–Crippen LogP) is 3.87. The van der Waals surface area contributed by atoms with E-state index in [-0.39, 0.29) is 37.1 Å². The molecule has 0 aliphatic rings. The number of aryl methyl sites for hydroxylation is 1. The van der Waals surface area contributed by atoms with Gasteiger partial charge in [0.25, 0.3) is 11.8 Å². The molecule has 30 heavy (non-hydrogen) atoms. The maximum Gasteiger partial charge on any atom is 0.251 e. The zero-order chi connectivity index (χ0) is 21.3. The van der Waals surface area contributed by atoms with Crippen LogP contribution >= 0.6 is 0 Å². The number of ether oxygens (including phenoxy) is 1. The van der Waals surface area contributed by atoms with Gasteiger partial charge in [-0.1, -0.05) is 42.5 Å². The first-order chi connectivity index (χ1) is 14.5. The number of nitrogens with one attached hydrogen (secondary N) is 2. The fraction of sp³-hybridized carbons (Fsp3) is 0.167. The number of rotatable bonds is 8. The summed E-state index contributed by atoms with van der Waals surface area (Å²) >= 11 is 0. The minimum atomic E-state index is -0.426.